The molecule has 0 saturated carbocycles. The third-order valence-electron chi connectivity index (χ3n) is 4.38. The lowest BCUT2D eigenvalue weighted by Gasteiger charge is -2.18. The van der Waals surface area contributed by atoms with Gasteiger partial charge in [0.25, 0.3) is 0 Å². The third kappa shape index (κ3) is 3.86. The number of methoxy groups -OCH3 is 1. The van der Waals surface area contributed by atoms with E-state index in [9.17, 15) is 8.42 Å². The first-order valence-electron chi connectivity index (χ1n) is 8.30. The van der Waals surface area contributed by atoms with E-state index >= 15 is 0 Å². The quantitative estimate of drug-likeness (QED) is 0.646. The zero-order valence-electron chi connectivity index (χ0n) is 15.6. The van der Waals surface area contributed by atoms with Crippen molar-refractivity contribution in [2.24, 2.45) is 0 Å². The molecule has 27 heavy (non-hydrogen) atoms. The second kappa shape index (κ2) is 7.50. The van der Waals surface area contributed by atoms with Crippen LogP contribution in [-0.4, -0.2) is 37.0 Å². The van der Waals surface area contributed by atoms with Gasteiger partial charge in [-0.05, 0) is 49.2 Å². The van der Waals surface area contributed by atoms with Crippen molar-refractivity contribution in [2.45, 2.75) is 25.3 Å². The standard InChI is InChI=1S/C19H21N3O4S/c1-13-9-18(25-4)19(10-14(13)2)27(23,24)22(3)12-16-11-17(21-26-16)15-5-7-20-8-6-15/h5-11H,12H2,1-4H3. The number of hydrogen-bond donors (Lipinski definition) is 0. The third-order valence-corrected chi connectivity index (χ3v) is 6.21. The molecule has 0 aliphatic carbocycles. The molecule has 7 nitrogen and oxygen atoms in total. The van der Waals surface area contributed by atoms with Crippen molar-refractivity contribution in [1.82, 2.24) is 14.4 Å². The number of aromatic nitrogens is 2. The summed E-state index contributed by atoms with van der Waals surface area (Å²) in [7, 11) is -0.807. The first-order chi connectivity index (χ1) is 12.8. The van der Waals surface area contributed by atoms with E-state index in [2.05, 4.69) is 10.1 Å². The lowest BCUT2D eigenvalue weighted by Crippen LogP contribution is -2.27. The molecule has 0 spiro atoms. The first-order valence-corrected chi connectivity index (χ1v) is 9.74. The molecular weight excluding hydrogens is 366 g/mol. The molecular formula is C19H21N3O4S. The highest BCUT2D eigenvalue weighted by atomic mass is 32.2. The summed E-state index contributed by atoms with van der Waals surface area (Å²) in [5.41, 5.74) is 3.32. The average Bonchev–Trinajstić information content (AvgIpc) is 3.12. The summed E-state index contributed by atoms with van der Waals surface area (Å²) in [4.78, 5) is 4.09. The molecule has 0 radical (unpaired) electrons. The largest absolute Gasteiger partial charge is 0.495 e. The minimum atomic E-state index is -3.76. The van der Waals surface area contributed by atoms with Gasteiger partial charge in [-0.1, -0.05) is 5.16 Å². The summed E-state index contributed by atoms with van der Waals surface area (Å²) in [5, 5.41) is 4.00. The van der Waals surface area contributed by atoms with Gasteiger partial charge in [-0.3, -0.25) is 4.98 Å². The Morgan fingerprint density at radius 1 is 1.11 bits per heavy atom. The molecule has 2 heterocycles. The van der Waals surface area contributed by atoms with Gasteiger partial charge in [0, 0.05) is 31.1 Å². The summed E-state index contributed by atoms with van der Waals surface area (Å²) in [5.74, 6) is 0.760. The average molecular weight is 387 g/mol. The molecule has 3 aromatic rings. The Labute approximate surface area is 158 Å². The van der Waals surface area contributed by atoms with Gasteiger partial charge in [0.15, 0.2) is 5.76 Å². The fraction of sp³-hybridized carbons (Fsp3) is 0.263. The van der Waals surface area contributed by atoms with Crippen molar-refractivity contribution in [3.05, 3.63) is 59.6 Å². The van der Waals surface area contributed by atoms with Crippen molar-refractivity contribution < 1.29 is 17.7 Å². The van der Waals surface area contributed by atoms with Crippen LogP contribution in [0.4, 0.5) is 0 Å². The monoisotopic (exact) mass is 387 g/mol. The van der Waals surface area contributed by atoms with Crippen LogP contribution in [0.2, 0.25) is 0 Å². The zero-order chi connectivity index (χ0) is 19.6. The summed E-state index contributed by atoms with van der Waals surface area (Å²) in [6.45, 7) is 3.83. The van der Waals surface area contributed by atoms with E-state index in [0.29, 0.717) is 17.2 Å². The number of pyridine rings is 1. The molecule has 0 fully saturated rings. The lowest BCUT2D eigenvalue weighted by atomic mass is 10.1. The molecule has 1 aromatic carbocycles. The molecule has 0 unspecified atom stereocenters. The molecule has 0 bridgehead atoms. The number of rotatable bonds is 6. The van der Waals surface area contributed by atoms with Crippen LogP contribution in [0.25, 0.3) is 11.3 Å². The van der Waals surface area contributed by atoms with Crippen molar-refractivity contribution in [3.8, 4) is 17.0 Å². The van der Waals surface area contributed by atoms with Gasteiger partial charge in [0.2, 0.25) is 10.0 Å². The summed E-state index contributed by atoms with van der Waals surface area (Å²) >= 11 is 0. The Balaban J connectivity index is 1.87. The van der Waals surface area contributed by atoms with Crippen molar-refractivity contribution in [1.29, 1.82) is 0 Å². The fourth-order valence-corrected chi connectivity index (χ4v) is 4.00. The Bertz CT molecular complexity index is 1050. The fourth-order valence-electron chi connectivity index (χ4n) is 2.64. The van der Waals surface area contributed by atoms with Crippen LogP contribution >= 0.6 is 0 Å². The Morgan fingerprint density at radius 3 is 2.44 bits per heavy atom. The Morgan fingerprint density at radius 2 is 1.78 bits per heavy atom. The maximum atomic E-state index is 13.0. The highest BCUT2D eigenvalue weighted by molar-refractivity contribution is 7.89. The predicted octanol–water partition coefficient (Wildman–Crippen LogP) is 3.18. The maximum absolute atomic E-state index is 13.0. The minimum Gasteiger partial charge on any atom is -0.495 e. The summed E-state index contributed by atoms with van der Waals surface area (Å²) in [6, 6.07) is 8.69. The second-order valence-corrected chi connectivity index (χ2v) is 8.28. The van der Waals surface area contributed by atoms with Crippen LogP contribution < -0.4 is 4.74 Å². The van der Waals surface area contributed by atoms with E-state index in [1.165, 1.54) is 18.5 Å². The molecule has 3 rings (SSSR count). The normalized spacial score (nSPS) is 11.7. The van der Waals surface area contributed by atoms with Crippen LogP contribution in [0.15, 0.2) is 52.1 Å². The molecule has 142 valence electrons. The minimum absolute atomic E-state index is 0.0521. The molecule has 0 N–H and O–H groups in total. The molecule has 8 heteroatoms. The van der Waals surface area contributed by atoms with E-state index in [4.69, 9.17) is 9.26 Å². The van der Waals surface area contributed by atoms with E-state index in [1.807, 2.05) is 26.0 Å². The highest BCUT2D eigenvalue weighted by Crippen LogP contribution is 2.30. The molecule has 0 aliphatic rings. The topological polar surface area (TPSA) is 85.5 Å². The smallest absolute Gasteiger partial charge is 0.246 e. The zero-order valence-corrected chi connectivity index (χ0v) is 16.4. The number of benzene rings is 1. The second-order valence-electron chi connectivity index (χ2n) is 6.26. The SMILES string of the molecule is COc1cc(C)c(C)cc1S(=O)(=O)N(C)Cc1cc(-c2ccncc2)no1. The molecule has 0 atom stereocenters. The number of nitrogens with zero attached hydrogens (tertiary/aromatic N) is 3. The van der Waals surface area contributed by atoms with Gasteiger partial charge < -0.3 is 9.26 Å². The summed E-state index contributed by atoms with van der Waals surface area (Å²) < 4.78 is 37.9. The van der Waals surface area contributed by atoms with Crippen LogP contribution in [0.1, 0.15) is 16.9 Å². The van der Waals surface area contributed by atoms with Gasteiger partial charge in [-0.15, -0.1) is 0 Å². The number of hydrogen-bond acceptors (Lipinski definition) is 6. The predicted molar refractivity (Wildman–Crippen MR) is 101 cm³/mol. The van der Waals surface area contributed by atoms with E-state index in [1.54, 1.807) is 30.6 Å². The Kier molecular flexibility index (Phi) is 5.29. The first kappa shape index (κ1) is 19.1. The lowest BCUT2D eigenvalue weighted by molar-refractivity contribution is 0.342. The number of ether oxygens (including phenoxy) is 1. The van der Waals surface area contributed by atoms with Gasteiger partial charge in [0.05, 0.1) is 13.7 Å². The van der Waals surface area contributed by atoms with Crippen LogP contribution in [0, 0.1) is 13.8 Å². The van der Waals surface area contributed by atoms with E-state index < -0.39 is 10.0 Å². The van der Waals surface area contributed by atoms with Crippen molar-refractivity contribution in [3.63, 3.8) is 0 Å². The van der Waals surface area contributed by atoms with Crippen molar-refractivity contribution >= 4 is 10.0 Å². The van der Waals surface area contributed by atoms with Crippen LogP contribution in [0.3, 0.4) is 0 Å². The van der Waals surface area contributed by atoms with E-state index in [0.717, 1.165) is 16.7 Å². The Hall–Kier alpha value is -2.71. The molecule has 2 aromatic heterocycles. The van der Waals surface area contributed by atoms with Crippen molar-refractivity contribution in [2.75, 3.05) is 14.2 Å². The van der Waals surface area contributed by atoms with Crippen LogP contribution in [-0.2, 0) is 16.6 Å². The molecule has 0 aliphatic heterocycles. The van der Waals surface area contributed by atoms with E-state index in [-0.39, 0.29) is 11.4 Å². The molecule has 0 amide bonds. The van der Waals surface area contributed by atoms with Crippen LogP contribution in [0.5, 0.6) is 5.75 Å². The van der Waals surface area contributed by atoms with Gasteiger partial charge in [-0.25, -0.2) is 8.42 Å². The number of aryl methyl sites for hydroxylation is 2. The number of sulfonamides is 1. The maximum Gasteiger partial charge on any atom is 0.246 e. The van der Waals surface area contributed by atoms with Gasteiger partial charge >= 0.3 is 0 Å². The highest BCUT2D eigenvalue weighted by Gasteiger charge is 2.26. The van der Waals surface area contributed by atoms with Gasteiger partial charge in [0.1, 0.15) is 16.3 Å². The molecule has 0 saturated heterocycles. The summed E-state index contributed by atoms with van der Waals surface area (Å²) in [6.07, 6.45) is 3.32. The van der Waals surface area contributed by atoms with Gasteiger partial charge in [-0.2, -0.15) is 4.31 Å².